The van der Waals surface area contributed by atoms with E-state index in [0.29, 0.717) is 23.2 Å². The van der Waals surface area contributed by atoms with Gasteiger partial charge in [0.2, 0.25) is 0 Å². The van der Waals surface area contributed by atoms with Crippen LogP contribution < -0.4 is 0 Å². The first-order valence-corrected chi connectivity index (χ1v) is 20.9. The highest BCUT2D eigenvalue weighted by Crippen LogP contribution is 2.56. The van der Waals surface area contributed by atoms with Crippen LogP contribution in [0.25, 0.3) is 90.1 Å². The number of rotatable bonds is 6. The number of para-hydroxylation sites is 2. The molecule has 4 heterocycles. The van der Waals surface area contributed by atoms with Crippen LogP contribution in [-0.2, 0) is 0 Å². The van der Waals surface area contributed by atoms with Gasteiger partial charge >= 0.3 is 0 Å². The normalized spacial score (nSPS) is 14.8. The maximum absolute atomic E-state index is 6.35. The zero-order chi connectivity index (χ0) is 40.7. The number of hydrogen-bond donors (Lipinski definition) is 0. The largest absolute Gasteiger partial charge is 0.454 e. The summed E-state index contributed by atoms with van der Waals surface area (Å²) in [6, 6.07) is 67.4. The van der Waals surface area contributed by atoms with Gasteiger partial charge in [0.25, 0.3) is 0 Å². The Kier molecular flexibility index (Phi) is 7.63. The molecule has 2 atom stereocenters. The first-order valence-electron chi connectivity index (χ1n) is 20.9. The Bertz CT molecular complexity index is 3250. The van der Waals surface area contributed by atoms with Crippen LogP contribution in [0.1, 0.15) is 45.2 Å². The van der Waals surface area contributed by atoms with E-state index >= 15 is 0 Å². The highest BCUT2D eigenvalue weighted by atomic mass is 16.3. The molecule has 6 nitrogen and oxygen atoms in total. The fourth-order valence-electron chi connectivity index (χ4n) is 9.63. The number of aromatic nitrogens is 4. The molecule has 7 aromatic carbocycles. The molecule has 2 bridgehead atoms. The molecular formula is C56H34N4O2. The van der Waals surface area contributed by atoms with Gasteiger partial charge < -0.3 is 8.83 Å². The summed E-state index contributed by atoms with van der Waals surface area (Å²) < 4.78 is 12.7. The summed E-state index contributed by atoms with van der Waals surface area (Å²) in [6.45, 7) is 0. The van der Waals surface area contributed by atoms with Crippen LogP contribution in [0.3, 0.4) is 0 Å². The van der Waals surface area contributed by atoms with Crippen molar-refractivity contribution in [1.29, 1.82) is 0 Å². The summed E-state index contributed by atoms with van der Waals surface area (Å²) in [5.41, 5.74) is 16.6. The minimum absolute atomic E-state index is 0.0324. The predicted molar refractivity (Wildman–Crippen MR) is 245 cm³/mol. The average molecular weight is 795 g/mol. The van der Waals surface area contributed by atoms with E-state index in [9.17, 15) is 0 Å². The molecule has 290 valence electrons. The Balaban J connectivity index is 0.942. The lowest BCUT2D eigenvalue weighted by atomic mass is 9.61. The third-order valence-electron chi connectivity index (χ3n) is 12.5. The average Bonchev–Trinajstić information content (AvgIpc) is 3.99. The van der Waals surface area contributed by atoms with Gasteiger partial charge in [-0.05, 0) is 81.9 Å². The van der Waals surface area contributed by atoms with E-state index in [1.807, 2.05) is 84.9 Å². The molecule has 0 spiro atoms. The zero-order valence-corrected chi connectivity index (χ0v) is 33.2. The maximum atomic E-state index is 6.35. The molecular weight excluding hydrogens is 761 g/mol. The van der Waals surface area contributed by atoms with E-state index in [2.05, 4.69) is 109 Å². The number of benzene rings is 7. The fraction of sp³-hybridized carbons (Fsp3) is 0.0357. The third kappa shape index (κ3) is 5.57. The molecule has 62 heavy (non-hydrogen) atoms. The van der Waals surface area contributed by atoms with Crippen molar-refractivity contribution in [2.45, 2.75) is 11.8 Å². The van der Waals surface area contributed by atoms with Crippen molar-refractivity contribution in [2.24, 2.45) is 0 Å². The molecule has 3 aliphatic carbocycles. The van der Waals surface area contributed by atoms with Gasteiger partial charge in [-0.3, -0.25) is 0 Å². The number of furan rings is 2. The summed E-state index contributed by atoms with van der Waals surface area (Å²) >= 11 is 0. The molecule has 6 heteroatoms. The standard InChI is InChI=1S/C56H34N4O2/c1-3-13-33(14-4-1)45-31-47(51-29-35-17-7-11-21-49(35)61-51)59-55(57-45)37-23-25-41-43(27-37)53-39-19-9-10-20-40(39)54(41)44-28-38(24-26-42(44)53)56-58-46(34-15-5-2-6-16-34)32-48(60-56)52-30-36-18-8-12-22-50(36)62-52/h1-32,53-54H. The summed E-state index contributed by atoms with van der Waals surface area (Å²) in [6.07, 6.45) is 0. The van der Waals surface area contributed by atoms with Crippen LogP contribution in [0, 0.1) is 0 Å². The van der Waals surface area contributed by atoms with Crippen molar-refractivity contribution in [1.82, 2.24) is 19.9 Å². The topological polar surface area (TPSA) is 77.8 Å². The molecule has 0 fully saturated rings. The first-order chi connectivity index (χ1) is 30.7. The highest BCUT2D eigenvalue weighted by Gasteiger charge is 2.41. The van der Waals surface area contributed by atoms with Gasteiger partial charge in [-0.1, -0.05) is 146 Å². The lowest BCUT2D eigenvalue weighted by molar-refractivity contribution is 0.628. The summed E-state index contributed by atoms with van der Waals surface area (Å²) in [4.78, 5) is 20.8. The molecule has 0 aliphatic heterocycles. The quantitative estimate of drug-likeness (QED) is 0.167. The second kappa shape index (κ2) is 13.7. The molecule has 0 radical (unpaired) electrons. The summed E-state index contributed by atoms with van der Waals surface area (Å²) in [5.74, 6) is 2.81. The second-order valence-corrected chi connectivity index (χ2v) is 16.1. The molecule has 0 amide bonds. The smallest absolute Gasteiger partial charge is 0.160 e. The molecule has 14 rings (SSSR count). The Labute approximate surface area is 356 Å². The maximum Gasteiger partial charge on any atom is 0.160 e. The molecule has 2 unspecified atom stereocenters. The Morgan fingerprint density at radius 2 is 0.677 bits per heavy atom. The van der Waals surface area contributed by atoms with Crippen molar-refractivity contribution >= 4 is 21.9 Å². The van der Waals surface area contributed by atoms with Crippen molar-refractivity contribution in [3.63, 3.8) is 0 Å². The van der Waals surface area contributed by atoms with Crippen LogP contribution >= 0.6 is 0 Å². The number of fused-ring (bicyclic) bond motifs is 2. The third-order valence-corrected chi connectivity index (χ3v) is 12.5. The fourth-order valence-corrected chi connectivity index (χ4v) is 9.63. The van der Waals surface area contributed by atoms with Crippen molar-refractivity contribution in [3.8, 4) is 68.2 Å². The Hall–Kier alpha value is -8.22. The van der Waals surface area contributed by atoms with Gasteiger partial charge in [0.1, 0.15) is 22.6 Å². The van der Waals surface area contributed by atoms with E-state index in [4.69, 9.17) is 28.8 Å². The van der Waals surface area contributed by atoms with Crippen molar-refractivity contribution in [3.05, 3.63) is 228 Å². The SMILES string of the molecule is c1ccc(-c2cc(-c3cc4ccccc4o3)nc(-c3ccc4c(c3)C3c5ccccc5C4c4cc(-c5nc(-c6ccccc6)cc(-c6cc7ccccc7o6)n5)ccc43)n2)cc1. The Morgan fingerprint density at radius 3 is 1.13 bits per heavy atom. The van der Waals surface area contributed by atoms with Crippen LogP contribution in [-0.4, -0.2) is 19.9 Å². The van der Waals surface area contributed by atoms with Gasteiger partial charge in [0.05, 0.1) is 11.4 Å². The van der Waals surface area contributed by atoms with Gasteiger partial charge in [0, 0.05) is 44.9 Å². The highest BCUT2D eigenvalue weighted by molar-refractivity contribution is 5.85. The van der Waals surface area contributed by atoms with Crippen molar-refractivity contribution < 1.29 is 8.83 Å². The lowest BCUT2D eigenvalue weighted by Gasteiger charge is -2.42. The molecule has 3 aliphatic rings. The van der Waals surface area contributed by atoms with E-state index in [1.54, 1.807) is 0 Å². The van der Waals surface area contributed by atoms with Crippen LogP contribution in [0.2, 0.25) is 0 Å². The number of hydrogen-bond acceptors (Lipinski definition) is 6. The second-order valence-electron chi connectivity index (χ2n) is 16.1. The van der Waals surface area contributed by atoms with Crippen LogP contribution in [0.4, 0.5) is 0 Å². The monoisotopic (exact) mass is 794 g/mol. The summed E-state index contributed by atoms with van der Waals surface area (Å²) in [5, 5.41) is 2.08. The van der Waals surface area contributed by atoms with Gasteiger partial charge in [0.15, 0.2) is 23.2 Å². The van der Waals surface area contributed by atoms with Gasteiger partial charge in [-0.2, -0.15) is 0 Å². The minimum Gasteiger partial charge on any atom is -0.454 e. The van der Waals surface area contributed by atoms with E-state index in [-0.39, 0.29) is 11.8 Å². The molecule has 4 aromatic heterocycles. The van der Waals surface area contributed by atoms with Gasteiger partial charge in [-0.25, -0.2) is 19.9 Å². The number of nitrogens with zero attached hydrogens (tertiary/aromatic N) is 4. The molecule has 0 N–H and O–H groups in total. The Morgan fingerprint density at radius 1 is 0.290 bits per heavy atom. The minimum atomic E-state index is 0.0324. The van der Waals surface area contributed by atoms with Gasteiger partial charge in [-0.15, -0.1) is 0 Å². The van der Waals surface area contributed by atoms with Crippen LogP contribution in [0.15, 0.2) is 203 Å². The predicted octanol–water partition coefficient (Wildman–Crippen LogP) is 13.7. The van der Waals surface area contributed by atoms with E-state index in [0.717, 1.165) is 67.0 Å². The van der Waals surface area contributed by atoms with Crippen LogP contribution in [0.5, 0.6) is 0 Å². The molecule has 0 saturated carbocycles. The van der Waals surface area contributed by atoms with E-state index in [1.165, 1.54) is 33.4 Å². The molecule has 11 aromatic rings. The van der Waals surface area contributed by atoms with E-state index < -0.39 is 0 Å². The zero-order valence-electron chi connectivity index (χ0n) is 33.2. The lowest BCUT2D eigenvalue weighted by Crippen LogP contribution is -2.27. The van der Waals surface area contributed by atoms with Crippen molar-refractivity contribution in [2.75, 3.05) is 0 Å². The summed E-state index contributed by atoms with van der Waals surface area (Å²) in [7, 11) is 0. The molecule has 0 saturated heterocycles. The first kappa shape index (κ1) is 34.6.